The molecule has 1 aliphatic rings. The normalized spacial score (nSPS) is 15.6. The number of carbonyl (C=O) groups excluding carboxylic acids is 3. The fraction of sp³-hybridized carbons (Fsp3) is 0.526. The summed E-state index contributed by atoms with van der Waals surface area (Å²) in [6.45, 7) is 1.02. The van der Waals surface area contributed by atoms with Crippen molar-refractivity contribution in [2.24, 2.45) is 0 Å². The average Bonchev–Trinajstić information content (AvgIpc) is 2.66. The van der Waals surface area contributed by atoms with E-state index in [9.17, 15) is 14.4 Å². The van der Waals surface area contributed by atoms with Crippen molar-refractivity contribution in [1.29, 1.82) is 0 Å². The minimum absolute atomic E-state index is 0.159. The number of amides is 2. The molecule has 2 amide bonds. The van der Waals surface area contributed by atoms with Crippen LogP contribution in [0, 0.1) is 0 Å². The van der Waals surface area contributed by atoms with E-state index in [0.717, 1.165) is 25.7 Å². The zero-order valence-electron chi connectivity index (χ0n) is 15.0. The zero-order valence-corrected chi connectivity index (χ0v) is 15.0. The summed E-state index contributed by atoms with van der Waals surface area (Å²) >= 11 is 0. The van der Waals surface area contributed by atoms with Crippen molar-refractivity contribution >= 4 is 17.8 Å². The van der Waals surface area contributed by atoms with Crippen molar-refractivity contribution in [3.05, 3.63) is 30.3 Å². The van der Waals surface area contributed by atoms with Crippen molar-refractivity contribution in [2.45, 2.75) is 51.2 Å². The summed E-state index contributed by atoms with van der Waals surface area (Å²) in [5.74, 6) is -0.836. The molecule has 0 saturated heterocycles. The van der Waals surface area contributed by atoms with Crippen LogP contribution in [0.5, 0.6) is 5.75 Å². The second-order valence-electron chi connectivity index (χ2n) is 6.35. The van der Waals surface area contributed by atoms with E-state index >= 15 is 0 Å². The first-order chi connectivity index (χ1) is 12.5. The Balaban J connectivity index is 1.62. The van der Waals surface area contributed by atoms with Gasteiger partial charge in [0, 0.05) is 6.04 Å². The van der Waals surface area contributed by atoms with E-state index in [0.29, 0.717) is 5.75 Å². The molecule has 2 rings (SSSR count). The van der Waals surface area contributed by atoms with Gasteiger partial charge in [-0.05, 0) is 31.9 Å². The molecule has 1 aromatic rings. The van der Waals surface area contributed by atoms with Crippen LogP contribution in [0.15, 0.2) is 30.3 Å². The van der Waals surface area contributed by atoms with Gasteiger partial charge in [0.25, 0.3) is 11.8 Å². The van der Waals surface area contributed by atoms with Gasteiger partial charge in [-0.1, -0.05) is 37.5 Å². The summed E-state index contributed by atoms with van der Waals surface area (Å²) in [5.41, 5.74) is 0. The molecule has 0 aliphatic heterocycles. The van der Waals surface area contributed by atoms with Gasteiger partial charge in [-0.2, -0.15) is 0 Å². The van der Waals surface area contributed by atoms with E-state index < -0.39 is 18.0 Å². The lowest BCUT2D eigenvalue weighted by Crippen LogP contribution is -2.44. The predicted molar refractivity (Wildman–Crippen MR) is 95.5 cm³/mol. The van der Waals surface area contributed by atoms with Crippen molar-refractivity contribution in [3.8, 4) is 5.75 Å². The standard InChI is InChI=1S/C19H26N2O5/c1-14(19(24)21-15-8-4-2-5-9-15)26-18(23)12-20-17(22)13-25-16-10-6-3-7-11-16/h3,6-7,10-11,14-15H,2,4-5,8-9,12-13H2,1H3,(H,20,22)(H,21,24). The number of para-hydroxylation sites is 1. The van der Waals surface area contributed by atoms with Gasteiger partial charge >= 0.3 is 5.97 Å². The van der Waals surface area contributed by atoms with Crippen LogP contribution in [-0.2, 0) is 19.1 Å². The molecule has 0 radical (unpaired) electrons. The lowest BCUT2D eigenvalue weighted by atomic mass is 9.95. The molecule has 7 heteroatoms. The molecular formula is C19H26N2O5. The molecule has 0 aromatic heterocycles. The number of hydrogen-bond acceptors (Lipinski definition) is 5. The van der Waals surface area contributed by atoms with E-state index in [1.54, 1.807) is 24.3 Å². The fourth-order valence-electron chi connectivity index (χ4n) is 2.75. The first-order valence-corrected chi connectivity index (χ1v) is 8.99. The Kier molecular flexibility index (Phi) is 7.92. The number of esters is 1. The van der Waals surface area contributed by atoms with E-state index in [-0.39, 0.29) is 25.1 Å². The van der Waals surface area contributed by atoms with Gasteiger partial charge in [-0.15, -0.1) is 0 Å². The van der Waals surface area contributed by atoms with Gasteiger partial charge in [-0.25, -0.2) is 0 Å². The van der Waals surface area contributed by atoms with Gasteiger partial charge in [0.05, 0.1) is 0 Å². The van der Waals surface area contributed by atoms with Gasteiger partial charge < -0.3 is 20.1 Å². The van der Waals surface area contributed by atoms with Crippen molar-refractivity contribution in [2.75, 3.05) is 13.2 Å². The second-order valence-corrected chi connectivity index (χ2v) is 6.35. The smallest absolute Gasteiger partial charge is 0.326 e. The molecule has 1 unspecified atom stereocenters. The Hall–Kier alpha value is -2.57. The van der Waals surface area contributed by atoms with Crippen LogP contribution >= 0.6 is 0 Å². The molecule has 7 nitrogen and oxygen atoms in total. The number of carbonyl (C=O) groups is 3. The zero-order chi connectivity index (χ0) is 18.8. The quantitative estimate of drug-likeness (QED) is 0.685. The molecule has 1 aromatic carbocycles. The van der Waals surface area contributed by atoms with Crippen LogP contribution in [0.3, 0.4) is 0 Å². The molecule has 142 valence electrons. The maximum atomic E-state index is 12.0. The highest BCUT2D eigenvalue weighted by Crippen LogP contribution is 2.17. The highest BCUT2D eigenvalue weighted by atomic mass is 16.5. The average molecular weight is 362 g/mol. The highest BCUT2D eigenvalue weighted by Gasteiger charge is 2.22. The summed E-state index contributed by atoms with van der Waals surface area (Å²) in [5, 5.41) is 5.31. The van der Waals surface area contributed by atoms with Crippen LogP contribution in [0.4, 0.5) is 0 Å². The molecule has 0 heterocycles. The van der Waals surface area contributed by atoms with E-state index in [1.165, 1.54) is 13.3 Å². The Bertz CT molecular complexity index is 599. The summed E-state index contributed by atoms with van der Waals surface area (Å²) in [6.07, 6.45) is 4.45. The minimum atomic E-state index is -0.887. The first-order valence-electron chi connectivity index (χ1n) is 8.99. The summed E-state index contributed by atoms with van der Waals surface area (Å²) in [6, 6.07) is 9.05. The Labute approximate surface area is 153 Å². The monoisotopic (exact) mass is 362 g/mol. The van der Waals surface area contributed by atoms with Gasteiger partial charge in [0.1, 0.15) is 12.3 Å². The Morgan fingerprint density at radius 2 is 1.81 bits per heavy atom. The van der Waals surface area contributed by atoms with E-state index in [1.807, 2.05) is 6.07 Å². The third-order valence-corrected chi connectivity index (χ3v) is 4.17. The van der Waals surface area contributed by atoms with Crippen LogP contribution in [0.2, 0.25) is 0 Å². The van der Waals surface area contributed by atoms with Crippen LogP contribution < -0.4 is 15.4 Å². The van der Waals surface area contributed by atoms with Crippen molar-refractivity contribution in [3.63, 3.8) is 0 Å². The van der Waals surface area contributed by atoms with E-state index in [4.69, 9.17) is 9.47 Å². The second kappa shape index (κ2) is 10.4. The number of hydrogen-bond donors (Lipinski definition) is 2. The molecule has 2 N–H and O–H groups in total. The topological polar surface area (TPSA) is 93.7 Å². The number of ether oxygens (including phenoxy) is 2. The maximum absolute atomic E-state index is 12.0. The van der Waals surface area contributed by atoms with Gasteiger partial charge in [0.15, 0.2) is 12.7 Å². The van der Waals surface area contributed by atoms with Crippen LogP contribution in [0.1, 0.15) is 39.0 Å². The Morgan fingerprint density at radius 1 is 1.12 bits per heavy atom. The highest BCUT2D eigenvalue weighted by molar-refractivity contribution is 5.86. The third kappa shape index (κ3) is 7.13. The van der Waals surface area contributed by atoms with Gasteiger partial charge in [0.2, 0.25) is 0 Å². The van der Waals surface area contributed by atoms with Crippen LogP contribution in [0.25, 0.3) is 0 Å². The molecular weight excluding hydrogens is 336 g/mol. The molecule has 26 heavy (non-hydrogen) atoms. The van der Waals surface area contributed by atoms with Crippen molar-refractivity contribution in [1.82, 2.24) is 10.6 Å². The molecule has 0 spiro atoms. The number of rotatable bonds is 8. The van der Waals surface area contributed by atoms with Gasteiger partial charge in [-0.3, -0.25) is 14.4 Å². The van der Waals surface area contributed by atoms with E-state index in [2.05, 4.69) is 10.6 Å². The minimum Gasteiger partial charge on any atom is -0.484 e. The predicted octanol–water partition coefficient (Wildman–Crippen LogP) is 1.56. The molecule has 1 saturated carbocycles. The number of nitrogens with one attached hydrogen (secondary N) is 2. The SMILES string of the molecule is CC(OC(=O)CNC(=O)COc1ccccc1)C(=O)NC1CCCCC1. The summed E-state index contributed by atoms with van der Waals surface area (Å²) < 4.78 is 10.3. The first kappa shape index (κ1) is 19.8. The Morgan fingerprint density at radius 3 is 2.50 bits per heavy atom. The largest absolute Gasteiger partial charge is 0.484 e. The third-order valence-electron chi connectivity index (χ3n) is 4.17. The lowest BCUT2D eigenvalue weighted by Gasteiger charge is -2.24. The van der Waals surface area contributed by atoms with Crippen LogP contribution in [-0.4, -0.2) is 43.1 Å². The lowest BCUT2D eigenvalue weighted by molar-refractivity contribution is -0.154. The number of benzene rings is 1. The molecule has 0 bridgehead atoms. The maximum Gasteiger partial charge on any atom is 0.326 e. The molecule has 1 fully saturated rings. The summed E-state index contributed by atoms with van der Waals surface area (Å²) in [7, 11) is 0. The molecule has 1 aliphatic carbocycles. The fourth-order valence-corrected chi connectivity index (χ4v) is 2.75. The van der Waals surface area contributed by atoms with Crippen molar-refractivity contribution < 1.29 is 23.9 Å². The summed E-state index contributed by atoms with van der Waals surface area (Å²) in [4.78, 5) is 35.5. The molecule has 1 atom stereocenters.